The van der Waals surface area contributed by atoms with Gasteiger partial charge >= 0.3 is 6.03 Å². The molecule has 2 rings (SSSR count). The van der Waals surface area contributed by atoms with Crippen LogP contribution in [0.15, 0.2) is 24.3 Å². The first-order valence-corrected chi connectivity index (χ1v) is 6.97. The van der Waals surface area contributed by atoms with Crippen LogP contribution in [0.1, 0.15) is 19.4 Å². The van der Waals surface area contributed by atoms with E-state index in [9.17, 15) is 4.79 Å². The van der Waals surface area contributed by atoms with E-state index in [0.717, 1.165) is 37.4 Å². The summed E-state index contributed by atoms with van der Waals surface area (Å²) in [6.07, 6.45) is 5.36. The molecule has 0 spiro atoms. The second-order valence-electron chi connectivity index (χ2n) is 5.27. The van der Waals surface area contributed by atoms with Crippen LogP contribution in [0, 0.1) is 12.3 Å². The number of terminal acetylenes is 1. The van der Waals surface area contributed by atoms with Crippen LogP contribution < -0.4 is 5.32 Å². The molecule has 0 unspecified atom stereocenters. The normalized spacial score (nSPS) is 16.0. The molecule has 1 aliphatic heterocycles. The molecule has 0 atom stereocenters. The first kappa shape index (κ1) is 14.4. The van der Waals surface area contributed by atoms with Crippen molar-refractivity contribution >= 4 is 11.7 Å². The monoisotopic (exact) mass is 271 g/mol. The van der Waals surface area contributed by atoms with E-state index in [1.54, 1.807) is 0 Å². The van der Waals surface area contributed by atoms with Crippen LogP contribution in [0.4, 0.5) is 10.5 Å². The second-order valence-corrected chi connectivity index (χ2v) is 5.27. The minimum absolute atomic E-state index is 0.0532. The van der Waals surface area contributed by atoms with E-state index in [1.165, 1.54) is 0 Å². The lowest BCUT2D eigenvalue weighted by Gasteiger charge is -2.36. The molecule has 1 aromatic rings. The number of benzene rings is 1. The third-order valence-electron chi connectivity index (χ3n) is 3.61. The molecule has 0 aromatic heterocycles. The summed E-state index contributed by atoms with van der Waals surface area (Å²) in [6.45, 7) is 7.74. The number of piperazine rings is 1. The number of carbonyl (C=O) groups is 1. The highest BCUT2D eigenvalue weighted by atomic mass is 16.2. The van der Waals surface area contributed by atoms with Crippen molar-refractivity contribution in [1.82, 2.24) is 9.80 Å². The number of rotatable bonds is 2. The molecular formula is C16H21N3O. The van der Waals surface area contributed by atoms with Crippen LogP contribution >= 0.6 is 0 Å². The van der Waals surface area contributed by atoms with Gasteiger partial charge in [-0.25, -0.2) is 4.79 Å². The van der Waals surface area contributed by atoms with Crippen molar-refractivity contribution in [2.24, 2.45) is 0 Å². The third kappa shape index (κ3) is 3.52. The average molecular weight is 271 g/mol. The number of urea groups is 1. The van der Waals surface area contributed by atoms with E-state index in [-0.39, 0.29) is 6.03 Å². The van der Waals surface area contributed by atoms with Gasteiger partial charge in [0.15, 0.2) is 0 Å². The number of hydrogen-bond acceptors (Lipinski definition) is 2. The molecule has 0 aliphatic carbocycles. The van der Waals surface area contributed by atoms with Crippen molar-refractivity contribution in [1.29, 1.82) is 0 Å². The van der Waals surface area contributed by atoms with Gasteiger partial charge in [-0.15, -0.1) is 6.42 Å². The van der Waals surface area contributed by atoms with E-state index in [4.69, 9.17) is 6.42 Å². The zero-order chi connectivity index (χ0) is 14.5. The fraction of sp³-hybridized carbons (Fsp3) is 0.438. The van der Waals surface area contributed by atoms with E-state index in [1.807, 2.05) is 29.2 Å². The minimum Gasteiger partial charge on any atom is -0.322 e. The molecule has 1 heterocycles. The lowest BCUT2D eigenvalue weighted by Crippen LogP contribution is -2.51. The van der Waals surface area contributed by atoms with Crippen LogP contribution in [0.3, 0.4) is 0 Å². The SMILES string of the molecule is C#Cc1cccc(NC(=O)N2CCN(C(C)C)CC2)c1. The fourth-order valence-electron chi connectivity index (χ4n) is 2.33. The highest BCUT2D eigenvalue weighted by Crippen LogP contribution is 2.12. The molecule has 106 valence electrons. The summed E-state index contributed by atoms with van der Waals surface area (Å²) in [5.41, 5.74) is 1.52. The van der Waals surface area contributed by atoms with E-state index >= 15 is 0 Å². The van der Waals surface area contributed by atoms with Crippen molar-refractivity contribution in [2.75, 3.05) is 31.5 Å². The first-order valence-electron chi connectivity index (χ1n) is 6.97. The molecule has 4 nitrogen and oxygen atoms in total. The second kappa shape index (κ2) is 6.44. The quantitative estimate of drug-likeness (QED) is 0.837. The predicted molar refractivity (Wildman–Crippen MR) is 81.7 cm³/mol. The minimum atomic E-state index is -0.0532. The molecule has 20 heavy (non-hydrogen) atoms. The van der Waals surface area contributed by atoms with Crippen molar-refractivity contribution in [2.45, 2.75) is 19.9 Å². The molecule has 1 aliphatic rings. The molecular weight excluding hydrogens is 250 g/mol. The van der Waals surface area contributed by atoms with Gasteiger partial charge in [-0.2, -0.15) is 0 Å². The molecule has 0 bridgehead atoms. The Labute approximate surface area is 120 Å². The molecule has 0 radical (unpaired) electrons. The number of nitrogens with one attached hydrogen (secondary N) is 1. The lowest BCUT2D eigenvalue weighted by atomic mass is 10.2. The van der Waals surface area contributed by atoms with Gasteiger partial charge in [0.25, 0.3) is 0 Å². The van der Waals surface area contributed by atoms with Gasteiger partial charge in [0, 0.05) is 43.5 Å². The molecule has 2 amide bonds. The molecule has 1 fully saturated rings. The number of amides is 2. The molecule has 4 heteroatoms. The summed E-state index contributed by atoms with van der Waals surface area (Å²) in [7, 11) is 0. The maximum atomic E-state index is 12.2. The Morgan fingerprint density at radius 1 is 1.30 bits per heavy atom. The van der Waals surface area contributed by atoms with Crippen LogP contribution in [-0.4, -0.2) is 48.1 Å². The van der Waals surface area contributed by atoms with Gasteiger partial charge in [0.2, 0.25) is 0 Å². The van der Waals surface area contributed by atoms with Crippen LogP contribution in [0.5, 0.6) is 0 Å². The van der Waals surface area contributed by atoms with Gasteiger partial charge in [-0.05, 0) is 32.0 Å². The average Bonchev–Trinajstić information content (AvgIpc) is 2.47. The summed E-state index contributed by atoms with van der Waals surface area (Å²) in [4.78, 5) is 16.4. The standard InChI is InChI=1S/C16H21N3O/c1-4-14-6-5-7-15(12-14)17-16(20)19-10-8-18(9-11-19)13(2)3/h1,5-7,12-13H,8-11H2,2-3H3,(H,17,20). The van der Waals surface area contributed by atoms with Crippen molar-refractivity contribution in [3.8, 4) is 12.3 Å². The third-order valence-corrected chi connectivity index (χ3v) is 3.61. The Balaban J connectivity index is 1.91. The van der Waals surface area contributed by atoms with Crippen molar-refractivity contribution < 1.29 is 4.79 Å². The largest absolute Gasteiger partial charge is 0.322 e. The Bertz CT molecular complexity index is 511. The Kier molecular flexibility index (Phi) is 4.65. The van der Waals surface area contributed by atoms with E-state index < -0.39 is 0 Å². The van der Waals surface area contributed by atoms with Crippen LogP contribution in [-0.2, 0) is 0 Å². The number of anilines is 1. The highest BCUT2D eigenvalue weighted by molar-refractivity contribution is 5.89. The Hall–Kier alpha value is -1.99. The van der Waals surface area contributed by atoms with Gasteiger partial charge in [-0.1, -0.05) is 12.0 Å². The summed E-state index contributed by atoms with van der Waals surface area (Å²) in [5.74, 6) is 2.57. The summed E-state index contributed by atoms with van der Waals surface area (Å²) in [6, 6.07) is 7.83. The molecule has 1 N–H and O–H groups in total. The summed E-state index contributed by atoms with van der Waals surface area (Å²) >= 11 is 0. The van der Waals surface area contributed by atoms with Crippen LogP contribution in [0.25, 0.3) is 0 Å². The number of hydrogen-bond donors (Lipinski definition) is 1. The maximum absolute atomic E-state index is 12.2. The highest BCUT2D eigenvalue weighted by Gasteiger charge is 2.22. The van der Waals surface area contributed by atoms with E-state index in [0.29, 0.717) is 6.04 Å². The number of nitrogens with zero attached hydrogens (tertiary/aromatic N) is 2. The maximum Gasteiger partial charge on any atom is 0.321 e. The van der Waals surface area contributed by atoms with Gasteiger partial charge < -0.3 is 10.2 Å². The Morgan fingerprint density at radius 2 is 2.00 bits per heavy atom. The Morgan fingerprint density at radius 3 is 2.60 bits per heavy atom. The van der Waals surface area contributed by atoms with Crippen LogP contribution in [0.2, 0.25) is 0 Å². The lowest BCUT2D eigenvalue weighted by molar-refractivity contribution is 0.125. The molecule has 1 aromatic carbocycles. The van der Waals surface area contributed by atoms with Crippen molar-refractivity contribution in [3.05, 3.63) is 29.8 Å². The van der Waals surface area contributed by atoms with Gasteiger partial charge in [-0.3, -0.25) is 4.90 Å². The van der Waals surface area contributed by atoms with Gasteiger partial charge in [0.05, 0.1) is 0 Å². The summed E-state index contributed by atoms with van der Waals surface area (Å²) < 4.78 is 0. The molecule has 0 saturated carbocycles. The zero-order valence-corrected chi connectivity index (χ0v) is 12.1. The molecule has 1 saturated heterocycles. The fourth-order valence-corrected chi connectivity index (χ4v) is 2.33. The number of carbonyl (C=O) groups excluding carboxylic acids is 1. The van der Waals surface area contributed by atoms with Gasteiger partial charge in [0.1, 0.15) is 0 Å². The van der Waals surface area contributed by atoms with E-state index in [2.05, 4.69) is 30.0 Å². The van der Waals surface area contributed by atoms with Crippen molar-refractivity contribution in [3.63, 3.8) is 0 Å². The summed E-state index contributed by atoms with van der Waals surface area (Å²) in [5, 5.41) is 2.90. The zero-order valence-electron chi connectivity index (χ0n) is 12.1. The smallest absolute Gasteiger partial charge is 0.321 e. The predicted octanol–water partition coefficient (Wildman–Crippen LogP) is 2.23. The topological polar surface area (TPSA) is 35.6 Å². The first-order chi connectivity index (χ1) is 9.60.